The first kappa shape index (κ1) is 27.6. The molecule has 3 aromatic carbocycles. The number of ether oxygens (including phenoxy) is 2. The molecule has 9 heteroatoms. The fourth-order valence-electron chi connectivity index (χ4n) is 4.65. The van der Waals surface area contributed by atoms with Crippen molar-refractivity contribution in [2.75, 3.05) is 56.7 Å². The van der Waals surface area contributed by atoms with Gasteiger partial charge in [0.05, 0.1) is 36.9 Å². The lowest BCUT2D eigenvalue weighted by atomic mass is 9.91. The maximum atomic E-state index is 13.3. The van der Waals surface area contributed by atoms with Gasteiger partial charge in [0.25, 0.3) is 0 Å². The number of amides is 2. The number of nitrogens with one attached hydrogen (secondary N) is 2. The molecule has 0 aliphatic carbocycles. The number of anilines is 2. The van der Waals surface area contributed by atoms with Crippen LogP contribution in [-0.4, -0.2) is 71.9 Å². The van der Waals surface area contributed by atoms with Crippen molar-refractivity contribution in [1.82, 2.24) is 14.7 Å². The van der Waals surface area contributed by atoms with Crippen molar-refractivity contribution in [1.29, 1.82) is 0 Å². The van der Waals surface area contributed by atoms with Gasteiger partial charge < -0.3 is 19.9 Å². The van der Waals surface area contributed by atoms with Crippen LogP contribution >= 0.6 is 0 Å². The Kier molecular flexibility index (Phi) is 8.35. The van der Waals surface area contributed by atoms with Gasteiger partial charge in [-0.05, 0) is 31.2 Å². The summed E-state index contributed by atoms with van der Waals surface area (Å²) < 4.78 is 13.3. The standard InChI is InChI=1S/C31H37N5O4/c1-22-8-10-23(11-9-22)36-29(20-28(34-36)31(2,3)21-37)33-30(38)32-26-12-13-27(25-7-5-4-6-24(25)26)40-19-16-35-14-17-39-18-15-35/h4-13,20,37H,14-19,21H2,1-3H3,(H2,32,33,38). The van der Waals surface area contributed by atoms with E-state index in [-0.39, 0.29) is 6.61 Å². The molecule has 1 fully saturated rings. The van der Waals surface area contributed by atoms with Crippen LogP contribution in [0.2, 0.25) is 0 Å². The Bertz CT molecular complexity index is 1460. The van der Waals surface area contributed by atoms with Gasteiger partial charge in [0.1, 0.15) is 18.2 Å². The lowest BCUT2D eigenvalue weighted by Crippen LogP contribution is -2.38. The zero-order chi connectivity index (χ0) is 28.1. The minimum Gasteiger partial charge on any atom is -0.492 e. The Morgan fingerprint density at radius 2 is 1.75 bits per heavy atom. The third-order valence-corrected chi connectivity index (χ3v) is 7.22. The Morgan fingerprint density at radius 3 is 2.48 bits per heavy atom. The van der Waals surface area contributed by atoms with Crippen LogP contribution in [-0.2, 0) is 10.2 Å². The summed E-state index contributed by atoms with van der Waals surface area (Å²) in [7, 11) is 0. The third kappa shape index (κ3) is 6.28. The van der Waals surface area contributed by atoms with E-state index in [4.69, 9.17) is 14.6 Å². The molecule has 1 aliphatic rings. The summed E-state index contributed by atoms with van der Waals surface area (Å²) in [4.78, 5) is 15.6. The number of rotatable bonds is 9. The van der Waals surface area contributed by atoms with Crippen LogP contribution in [0, 0.1) is 6.92 Å². The molecule has 9 nitrogen and oxygen atoms in total. The van der Waals surface area contributed by atoms with Crippen molar-refractivity contribution < 1.29 is 19.4 Å². The van der Waals surface area contributed by atoms with Gasteiger partial charge in [-0.1, -0.05) is 55.8 Å². The van der Waals surface area contributed by atoms with Gasteiger partial charge in [0.15, 0.2) is 0 Å². The predicted octanol–water partition coefficient (Wildman–Crippen LogP) is 4.96. The molecule has 3 N–H and O–H groups in total. The highest BCUT2D eigenvalue weighted by atomic mass is 16.5. The molecule has 0 spiro atoms. The topological polar surface area (TPSA) is 101 Å². The number of aryl methyl sites for hydroxylation is 1. The normalized spacial score (nSPS) is 14.3. The van der Waals surface area contributed by atoms with Crippen molar-refractivity contribution in [3.05, 3.63) is 78.0 Å². The Balaban J connectivity index is 1.34. The van der Waals surface area contributed by atoms with Crippen molar-refractivity contribution in [2.24, 2.45) is 0 Å². The fraction of sp³-hybridized carbons (Fsp3) is 0.355. The van der Waals surface area contributed by atoms with Gasteiger partial charge in [-0.3, -0.25) is 10.2 Å². The molecule has 1 aromatic heterocycles. The van der Waals surface area contributed by atoms with E-state index in [9.17, 15) is 9.90 Å². The Morgan fingerprint density at radius 1 is 1.02 bits per heavy atom. The van der Waals surface area contributed by atoms with Gasteiger partial charge >= 0.3 is 6.03 Å². The van der Waals surface area contributed by atoms with E-state index in [1.165, 1.54) is 0 Å². The van der Waals surface area contributed by atoms with Crippen molar-refractivity contribution >= 4 is 28.3 Å². The quantitative estimate of drug-likeness (QED) is 0.276. The number of aliphatic hydroxyl groups is 1. The van der Waals surface area contributed by atoms with Crippen LogP contribution in [0.15, 0.2) is 66.7 Å². The summed E-state index contributed by atoms with van der Waals surface area (Å²) in [6, 6.07) is 20.9. The molecule has 4 aromatic rings. The molecular weight excluding hydrogens is 506 g/mol. The number of fused-ring (bicyclic) bond motifs is 1. The number of hydrogen-bond donors (Lipinski definition) is 3. The van der Waals surface area contributed by atoms with Crippen molar-refractivity contribution in [3.63, 3.8) is 0 Å². The summed E-state index contributed by atoms with van der Waals surface area (Å²) in [5, 5.41) is 22.4. The number of aliphatic hydroxyl groups excluding tert-OH is 1. The van der Waals surface area contributed by atoms with E-state index >= 15 is 0 Å². The second-order valence-electron chi connectivity index (χ2n) is 10.7. The second-order valence-corrected chi connectivity index (χ2v) is 10.7. The largest absolute Gasteiger partial charge is 0.492 e. The summed E-state index contributed by atoms with van der Waals surface area (Å²) >= 11 is 0. The molecule has 0 bridgehead atoms. The number of aromatic nitrogens is 2. The van der Waals surface area contributed by atoms with E-state index in [0.717, 1.165) is 60.6 Å². The molecule has 0 atom stereocenters. The highest BCUT2D eigenvalue weighted by Crippen LogP contribution is 2.32. The molecule has 1 aliphatic heterocycles. The van der Waals surface area contributed by atoms with Gasteiger partial charge in [-0.15, -0.1) is 0 Å². The zero-order valence-electron chi connectivity index (χ0n) is 23.3. The Labute approximate surface area is 234 Å². The number of benzene rings is 3. The molecule has 40 heavy (non-hydrogen) atoms. The number of carbonyl (C=O) groups excluding carboxylic acids is 1. The highest BCUT2D eigenvalue weighted by molar-refractivity contribution is 6.07. The molecule has 0 saturated carbocycles. The number of urea groups is 1. The van der Waals surface area contributed by atoms with Crippen molar-refractivity contribution in [3.8, 4) is 11.4 Å². The van der Waals surface area contributed by atoms with Gasteiger partial charge in [-0.2, -0.15) is 5.10 Å². The molecule has 0 radical (unpaired) electrons. The molecule has 1 saturated heterocycles. The first-order valence-electron chi connectivity index (χ1n) is 13.7. The van der Waals surface area contributed by atoms with Crippen LogP contribution in [0.25, 0.3) is 16.5 Å². The smallest absolute Gasteiger partial charge is 0.324 e. The number of hydrogen-bond acceptors (Lipinski definition) is 6. The second kappa shape index (κ2) is 12.1. The average Bonchev–Trinajstić information content (AvgIpc) is 3.39. The van der Waals surface area contributed by atoms with E-state index in [2.05, 4.69) is 15.5 Å². The molecule has 2 heterocycles. The molecule has 210 valence electrons. The van der Waals surface area contributed by atoms with E-state index < -0.39 is 11.4 Å². The fourth-order valence-corrected chi connectivity index (χ4v) is 4.65. The molecule has 5 rings (SSSR count). The zero-order valence-corrected chi connectivity index (χ0v) is 23.3. The molecule has 0 unspecified atom stereocenters. The van der Waals surface area contributed by atoms with E-state index in [1.807, 2.05) is 81.4 Å². The van der Waals surface area contributed by atoms with Gasteiger partial charge in [0.2, 0.25) is 0 Å². The maximum Gasteiger partial charge on any atom is 0.324 e. The first-order chi connectivity index (χ1) is 19.3. The lowest BCUT2D eigenvalue weighted by molar-refractivity contribution is 0.0323. The van der Waals surface area contributed by atoms with Crippen LogP contribution in [0.3, 0.4) is 0 Å². The van der Waals surface area contributed by atoms with Gasteiger partial charge in [0, 0.05) is 41.9 Å². The van der Waals surface area contributed by atoms with Gasteiger partial charge in [-0.25, -0.2) is 9.48 Å². The van der Waals surface area contributed by atoms with Crippen LogP contribution in [0.5, 0.6) is 5.75 Å². The average molecular weight is 544 g/mol. The van der Waals surface area contributed by atoms with E-state index in [0.29, 0.717) is 23.8 Å². The van der Waals surface area contributed by atoms with Crippen LogP contribution < -0.4 is 15.4 Å². The minimum atomic E-state index is -0.573. The highest BCUT2D eigenvalue weighted by Gasteiger charge is 2.25. The first-order valence-corrected chi connectivity index (χ1v) is 13.7. The SMILES string of the molecule is Cc1ccc(-n2nc(C(C)(C)CO)cc2NC(=O)Nc2ccc(OCCN3CCOCC3)c3ccccc23)cc1. The third-order valence-electron chi connectivity index (χ3n) is 7.22. The predicted molar refractivity (Wildman–Crippen MR) is 158 cm³/mol. The van der Waals surface area contributed by atoms with Crippen LogP contribution in [0.4, 0.5) is 16.3 Å². The Hall–Kier alpha value is -3.92. The number of morpholine rings is 1. The summed E-state index contributed by atoms with van der Waals surface area (Å²) in [6.45, 7) is 10.5. The van der Waals surface area contributed by atoms with Crippen molar-refractivity contribution in [2.45, 2.75) is 26.2 Å². The summed E-state index contributed by atoms with van der Waals surface area (Å²) in [5.41, 5.74) is 2.71. The summed E-state index contributed by atoms with van der Waals surface area (Å²) in [6.07, 6.45) is 0. The maximum absolute atomic E-state index is 13.3. The summed E-state index contributed by atoms with van der Waals surface area (Å²) in [5.74, 6) is 1.29. The molecule has 2 amide bonds. The number of nitrogens with zero attached hydrogens (tertiary/aromatic N) is 3. The van der Waals surface area contributed by atoms with Crippen LogP contribution in [0.1, 0.15) is 25.1 Å². The minimum absolute atomic E-state index is 0.0730. The monoisotopic (exact) mass is 543 g/mol. The van der Waals surface area contributed by atoms with E-state index in [1.54, 1.807) is 10.7 Å². The molecular formula is C31H37N5O4. The lowest BCUT2D eigenvalue weighted by Gasteiger charge is -2.26. The number of carbonyl (C=O) groups is 1.